The zero-order chi connectivity index (χ0) is 24.0. The lowest BCUT2D eigenvalue weighted by molar-refractivity contribution is -0.136. The molecule has 1 heterocycles. The summed E-state index contributed by atoms with van der Waals surface area (Å²) < 4.78 is 4.98. The number of urea groups is 2. The van der Waals surface area contributed by atoms with Gasteiger partial charge in [-0.25, -0.2) is 14.4 Å². The monoisotopic (exact) mass is 450 g/mol. The van der Waals surface area contributed by atoms with Gasteiger partial charge < -0.3 is 20.7 Å². The van der Waals surface area contributed by atoms with Crippen LogP contribution < -0.4 is 16.0 Å². The molecule has 1 aliphatic rings. The Bertz CT molecular complexity index is 1060. The fraction of sp³-hybridized carbons (Fsp3) is 0.320. The van der Waals surface area contributed by atoms with Crippen molar-refractivity contribution in [3.63, 3.8) is 0 Å². The van der Waals surface area contributed by atoms with Crippen LogP contribution in [-0.2, 0) is 16.0 Å². The Balaban J connectivity index is 1.77. The summed E-state index contributed by atoms with van der Waals surface area (Å²) in [6.45, 7) is 6.28. The maximum absolute atomic E-state index is 12.6. The van der Waals surface area contributed by atoms with Gasteiger partial charge in [-0.05, 0) is 55.2 Å². The van der Waals surface area contributed by atoms with Crippen LogP contribution >= 0.6 is 0 Å². The van der Waals surface area contributed by atoms with Crippen LogP contribution in [-0.4, -0.2) is 36.6 Å². The van der Waals surface area contributed by atoms with Crippen molar-refractivity contribution in [1.82, 2.24) is 10.2 Å². The molecular weight excluding hydrogens is 420 g/mol. The van der Waals surface area contributed by atoms with E-state index >= 15 is 0 Å². The molecule has 1 aliphatic heterocycles. The second-order valence-corrected chi connectivity index (χ2v) is 7.78. The summed E-state index contributed by atoms with van der Waals surface area (Å²) in [5.41, 5.74) is 4.11. The molecule has 1 atom stereocenters. The van der Waals surface area contributed by atoms with Crippen molar-refractivity contribution in [2.75, 3.05) is 24.3 Å². The Morgan fingerprint density at radius 3 is 2.39 bits per heavy atom. The molecule has 0 unspecified atom stereocenters. The average molecular weight is 451 g/mol. The van der Waals surface area contributed by atoms with E-state index in [0.717, 1.165) is 18.4 Å². The van der Waals surface area contributed by atoms with Crippen LogP contribution in [0, 0.1) is 0 Å². The Morgan fingerprint density at radius 2 is 1.76 bits per heavy atom. The van der Waals surface area contributed by atoms with E-state index in [9.17, 15) is 14.4 Å². The summed E-state index contributed by atoms with van der Waals surface area (Å²) in [4.78, 5) is 39.1. The smallest absolute Gasteiger partial charge is 0.337 e. The molecule has 8 nitrogen and oxygen atoms in total. The summed E-state index contributed by atoms with van der Waals surface area (Å²) in [5.74, 6) is -0.491. The van der Waals surface area contributed by atoms with Crippen molar-refractivity contribution in [3.8, 4) is 0 Å². The van der Waals surface area contributed by atoms with Gasteiger partial charge in [-0.1, -0.05) is 38.1 Å². The molecule has 174 valence electrons. The molecule has 2 aromatic rings. The Kier molecular flexibility index (Phi) is 7.71. The highest BCUT2D eigenvalue weighted by Gasteiger charge is 2.35. The number of esters is 1. The van der Waals surface area contributed by atoms with E-state index < -0.39 is 12.0 Å². The van der Waals surface area contributed by atoms with E-state index in [-0.39, 0.29) is 12.1 Å². The second kappa shape index (κ2) is 10.7. The number of aryl methyl sites for hydroxylation is 1. The van der Waals surface area contributed by atoms with Gasteiger partial charge in [0, 0.05) is 23.6 Å². The molecule has 3 N–H and O–H groups in total. The molecule has 8 heteroatoms. The van der Waals surface area contributed by atoms with E-state index in [1.807, 2.05) is 31.2 Å². The Hall–Kier alpha value is -3.81. The zero-order valence-electron chi connectivity index (χ0n) is 19.4. The third-order valence-corrected chi connectivity index (χ3v) is 5.54. The molecule has 0 saturated carbocycles. The van der Waals surface area contributed by atoms with Crippen molar-refractivity contribution in [3.05, 3.63) is 70.9 Å². The van der Waals surface area contributed by atoms with Gasteiger partial charge in [0.2, 0.25) is 0 Å². The standard InChI is InChI=1S/C25H30N4O4/c1-5-14-29-16(3)21(23(30)33-4)22(28-25(29)32)18-10-12-19(13-11-18)26-24(31)27-20-9-7-8-17(6-2)15-20/h7-13,15,22H,5-6,14H2,1-4H3,(H,28,32)(H2,26,27,31)/t22-/m0/s1. The molecule has 0 radical (unpaired) electrons. The van der Waals surface area contributed by atoms with Gasteiger partial charge in [-0.2, -0.15) is 0 Å². The fourth-order valence-electron chi connectivity index (χ4n) is 3.82. The third kappa shape index (κ3) is 5.52. The van der Waals surface area contributed by atoms with Gasteiger partial charge >= 0.3 is 18.0 Å². The molecule has 33 heavy (non-hydrogen) atoms. The number of hydrogen-bond acceptors (Lipinski definition) is 4. The minimum absolute atomic E-state index is 0.261. The number of nitrogens with one attached hydrogen (secondary N) is 3. The fourth-order valence-corrected chi connectivity index (χ4v) is 3.82. The number of carbonyl (C=O) groups excluding carboxylic acids is 3. The number of benzene rings is 2. The molecule has 0 bridgehead atoms. The molecule has 2 aromatic carbocycles. The summed E-state index contributed by atoms with van der Waals surface area (Å²) in [5, 5.41) is 8.51. The van der Waals surface area contributed by atoms with Crippen LogP contribution in [0.1, 0.15) is 44.4 Å². The lowest BCUT2D eigenvalue weighted by atomic mass is 9.94. The van der Waals surface area contributed by atoms with Crippen LogP contribution in [0.3, 0.4) is 0 Å². The number of ether oxygens (including phenoxy) is 1. The Morgan fingerprint density at radius 1 is 1.06 bits per heavy atom. The zero-order valence-corrected chi connectivity index (χ0v) is 19.4. The first-order valence-electron chi connectivity index (χ1n) is 11.0. The van der Waals surface area contributed by atoms with Crippen molar-refractivity contribution >= 4 is 29.4 Å². The Labute approximate surface area is 194 Å². The van der Waals surface area contributed by atoms with Crippen LogP contribution in [0.2, 0.25) is 0 Å². The molecule has 3 rings (SSSR count). The van der Waals surface area contributed by atoms with Gasteiger partial charge in [-0.3, -0.25) is 4.90 Å². The predicted molar refractivity (Wildman–Crippen MR) is 128 cm³/mol. The molecule has 0 fully saturated rings. The number of rotatable bonds is 7. The van der Waals surface area contributed by atoms with Crippen molar-refractivity contribution in [2.24, 2.45) is 0 Å². The molecule has 4 amide bonds. The van der Waals surface area contributed by atoms with Crippen molar-refractivity contribution < 1.29 is 19.1 Å². The van der Waals surface area contributed by atoms with Crippen LogP contribution in [0.5, 0.6) is 0 Å². The van der Waals surface area contributed by atoms with Crippen LogP contribution in [0.25, 0.3) is 0 Å². The maximum Gasteiger partial charge on any atom is 0.337 e. The second-order valence-electron chi connectivity index (χ2n) is 7.78. The van der Waals surface area contributed by atoms with Crippen LogP contribution in [0.4, 0.5) is 21.0 Å². The number of methoxy groups -OCH3 is 1. The molecule has 0 aliphatic carbocycles. The van der Waals surface area contributed by atoms with Crippen LogP contribution in [0.15, 0.2) is 59.8 Å². The third-order valence-electron chi connectivity index (χ3n) is 5.54. The normalized spacial score (nSPS) is 15.7. The maximum atomic E-state index is 12.6. The average Bonchev–Trinajstić information content (AvgIpc) is 2.81. The van der Waals surface area contributed by atoms with E-state index in [1.165, 1.54) is 7.11 Å². The minimum atomic E-state index is -0.641. The molecule has 0 saturated heterocycles. The quantitative estimate of drug-likeness (QED) is 0.527. The van der Waals surface area contributed by atoms with Crippen molar-refractivity contribution in [2.45, 2.75) is 39.7 Å². The predicted octanol–water partition coefficient (Wildman–Crippen LogP) is 4.82. The van der Waals surface area contributed by atoms with Crippen molar-refractivity contribution in [1.29, 1.82) is 0 Å². The molecular formula is C25H30N4O4. The van der Waals surface area contributed by atoms with Gasteiger partial charge in [0.25, 0.3) is 0 Å². The topological polar surface area (TPSA) is 99.8 Å². The summed E-state index contributed by atoms with van der Waals surface area (Å²) in [7, 11) is 1.32. The summed E-state index contributed by atoms with van der Waals surface area (Å²) in [6, 6.07) is 13.4. The first-order valence-corrected chi connectivity index (χ1v) is 11.0. The molecule has 0 spiro atoms. The van der Waals surface area contributed by atoms with Gasteiger partial charge in [0.1, 0.15) is 0 Å². The minimum Gasteiger partial charge on any atom is -0.466 e. The number of allylic oxidation sites excluding steroid dienone is 1. The number of carbonyl (C=O) groups is 3. The summed E-state index contributed by atoms with van der Waals surface area (Å²) in [6.07, 6.45) is 1.64. The summed E-state index contributed by atoms with van der Waals surface area (Å²) >= 11 is 0. The highest BCUT2D eigenvalue weighted by Crippen LogP contribution is 2.32. The first kappa shape index (κ1) is 23.8. The largest absolute Gasteiger partial charge is 0.466 e. The van der Waals surface area contributed by atoms with Gasteiger partial charge in [0.15, 0.2) is 0 Å². The van der Waals surface area contributed by atoms with E-state index in [0.29, 0.717) is 34.8 Å². The lowest BCUT2D eigenvalue weighted by Crippen LogP contribution is -2.48. The highest BCUT2D eigenvalue weighted by molar-refractivity contribution is 6.00. The van der Waals surface area contributed by atoms with E-state index in [1.54, 1.807) is 36.1 Å². The number of anilines is 2. The van der Waals surface area contributed by atoms with E-state index in [4.69, 9.17) is 4.74 Å². The lowest BCUT2D eigenvalue weighted by Gasteiger charge is -2.35. The molecule has 0 aromatic heterocycles. The number of nitrogens with zero attached hydrogens (tertiary/aromatic N) is 1. The van der Waals surface area contributed by atoms with Gasteiger partial charge in [0.05, 0.1) is 18.7 Å². The van der Waals surface area contributed by atoms with Gasteiger partial charge in [-0.15, -0.1) is 0 Å². The number of amides is 4. The van der Waals surface area contributed by atoms with E-state index in [2.05, 4.69) is 22.9 Å². The SMILES string of the molecule is CCCN1C(=O)N[C@@H](c2ccc(NC(=O)Nc3cccc(CC)c3)cc2)C(C(=O)OC)=C1C. The highest BCUT2D eigenvalue weighted by atomic mass is 16.5. The first-order chi connectivity index (χ1) is 15.9. The number of hydrogen-bond donors (Lipinski definition) is 3.